The number of rotatable bonds is 6. The molecule has 0 aliphatic carbocycles. The highest BCUT2D eigenvalue weighted by Gasteiger charge is 2.41. The zero-order valence-corrected chi connectivity index (χ0v) is 19.1. The zero-order chi connectivity index (χ0) is 21.4. The summed E-state index contributed by atoms with van der Waals surface area (Å²) in [5, 5.41) is 5.26. The summed E-state index contributed by atoms with van der Waals surface area (Å²) in [6, 6.07) is 18.5. The van der Waals surface area contributed by atoms with Crippen LogP contribution in [0.15, 0.2) is 67.0 Å². The molecule has 31 heavy (non-hydrogen) atoms. The number of pyridine rings is 1. The van der Waals surface area contributed by atoms with Gasteiger partial charge in [-0.1, -0.05) is 29.5 Å². The third-order valence-corrected chi connectivity index (χ3v) is 6.95. The molecule has 4 heterocycles. The Morgan fingerprint density at radius 1 is 1.10 bits per heavy atom. The van der Waals surface area contributed by atoms with Crippen molar-refractivity contribution in [2.75, 3.05) is 27.2 Å². The van der Waals surface area contributed by atoms with Gasteiger partial charge in [0.1, 0.15) is 0 Å². The second kappa shape index (κ2) is 8.37. The summed E-state index contributed by atoms with van der Waals surface area (Å²) in [5.74, 6) is 0. The third-order valence-electron chi connectivity index (χ3n) is 5.56. The fraction of sp³-hybridized carbons (Fsp3) is 0.261. The second-order valence-corrected chi connectivity index (χ2v) is 9.29. The summed E-state index contributed by atoms with van der Waals surface area (Å²) in [4.78, 5) is 14.0. The van der Waals surface area contributed by atoms with Crippen LogP contribution < -0.4 is 5.32 Å². The van der Waals surface area contributed by atoms with E-state index in [-0.39, 0.29) is 12.1 Å². The molecule has 0 bridgehead atoms. The van der Waals surface area contributed by atoms with Gasteiger partial charge in [0.15, 0.2) is 10.2 Å². The first-order valence-electron chi connectivity index (χ1n) is 10.3. The Morgan fingerprint density at radius 2 is 1.94 bits per heavy atom. The van der Waals surface area contributed by atoms with Crippen LogP contribution >= 0.6 is 23.6 Å². The van der Waals surface area contributed by atoms with E-state index in [0.717, 1.165) is 40.2 Å². The third kappa shape index (κ3) is 3.82. The first kappa shape index (κ1) is 20.1. The molecule has 0 radical (unpaired) electrons. The van der Waals surface area contributed by atoms with Crippen LogP contribution in [-0.4, -0.2) is 56.6 Å². The van der Waals surface area contributed by atoms with Gasteiger partial charge in [0.2, 0.25) is 0 Å². The van der Waals surface area contributed by atoms with Gasteiger partial charge in [-0.3, -0.25) is 9.55 Å². The first-order chi connectivity index (χ1) is 15.1. The van der Waals surface area contributed by atoms with Gasteiger partial charge in [-0.2, -0.15) is 0 Å². The zero-order valence-electron chi connectivity index (χ0n) is 17.5. The molecule has 1 fully saturated rings. The van der Waals surface area contributed by atoms with Gasteiger partial charge in [-0.15, -0.1) is 0 Å². The number of aromatic nitrogens is 3. The van der Waals surface area contributed by atoms with E-state index in [1.807, 2.05) is 24.4 Å². The Balaban J connectivity index is 1.59. The van der Waals surface area contributed by atoms with Crippen LogP contribution in [0.3, 0.4) is 0 Å². The summed E-state index contributed by atoms with van der Waals surface area (Å²) < 4.78 is 3.38. The molecular weight excluding hydrogens is 424 g/mol. The van der Waals surface area contributed by atoms with Crippen molar-refractivity contribution in [3.8, 4) is 5.13 Å². The standard InChI is InChI=1S/C23H24N6S2/c1-27(2)14-15-29-21(20(26-22(29)30)17-9-5-6-12-24-17)18-10-7-13-28(18)23-25-16-8-3-4-11-19(16)31-23/h3-13,20-21H,14-15H2,1-2H3,(H,26,30)/t20-,21-/m0/s1. The Labute approximate surface area is 191 Å². The quantitative estimate of drug-likeness (QED) is 0.450. The lowest BCUT2D eigenvalue weighted by atomic mass is 10.0. The minimum Gasteiger partial charge on any atom is -0.352 e. The molecule has 2 atom stereocenters. The molecule has 0 saturated carbocycles. The van der Waals surface area contributed by atoms with E-state index < -0.39 is 0 Å². The topological polar surface area (TPSA) is 49.2 Å². The minimum absolute atomic E-state index is 0.0179. The molecule has 0 amide bonds. The Hall–Kier alpha value is -2.81. The largest absolute Gasteiger partial charge is 0.352 e. The molecule has 0 unspecified atom stereocenters. The van der Waals surface area contributed by atoms with E-state index in [1.165, 1.54) is 4.70 Å². The minimum atomic E-state index is -0.0288. The van der Waals surface area contributed by atoms with Crippen molar-refractivity contribution in [2.45, 2.75) is 12.1 Å². The predicted molar refractivity (Wildman–Crippen MR) is 130 cm³/mol. The maximum atomic E-state index is 5.78. The van der Waals surface area contributed by atoms with Crippen molar-refractivity contribution in [1.82, 2.24) is 29.7 Å². The molecule has 1 saturated heterocycles. The van der Waals surface area contributed by atoms with E-state index in [4.69, 9.17) is 17.2 Å². The van der Waals surface area contributed by atoms with Gasteiger partial charge < -0.3 is 15.1 Å². The Bertz CT molecular complexity index is 1170. The number of nitrogens with one attached hydrogen (secondary N) is 1. The first-order valence-corrected chi connectivity index (χ1v) is 11.5. The van der Waals surface area contributed by atoms with Gasteiger partial charge in [0.25, 0.3) is 0 Å². The maximum Gasteiger partial charge on any atom is 0.194 e. The van der Waals surface area contributed by atoms with Crippen molar-refractivity contribution in [2.24, 2.45) is 0 Å². The van der Waals surface area contributed by atoms with Gasteiger partial charge in [0, 0.05) is 25.5 Å². The average molecular weight is 449 g/mol. The summed E-state index contributed by atoms with van der Waals surface area (Å²) in [7, 11) is 4.17. The van der Waals surface area contributed by atoms with Gasteiger partial charge in [-0.05, 0) is 62.7 Å². The highest BCUT2D eigenvalue weighted by molar-refractivity contribution is 7.80. The predicted octanol–water partition coefficient (Wildman–Crippen LogP) is 4.02. The molecule has 0 spiro atoms. The summed E-state index contributed by atoms with van der Waals surface area (Å²) in [6.07, 6.45) is 3.93. The number of likely N-dealkylation sites (N-methyl/N-ethyl adjacent to an activating group) is 1. The van der Waals surface area contributed by atoms with E-state index >= 15 is 0 Å². The summed E-state index contributed by atoms with van der Waals surface area (Å²) in [6.45, 7) is 1.74. The van der Waals surface area contributed by atoms with Crippen LogP contribution in [0.5, 0.6) is 0 Å². The molecule has 6 nitrogen and oxygen atoms in total. The van der Waals surface area contributed by atoms with Gasteiger partial charge in [0.05, 0.1) is 33.7 Å². The van der Waals surface area contributed by atoms with Crippen molar-refractivity contribution in [1.29, 1.82) is 0 Å². The van der Waals surface area contributed by atoms with Crippen molar-refractivity contribution in [3.63, 3.8) is 0 Å². The lowest BCUT2D eigenvalue weighted by molar-refractivity contribution is 0.272. The van der Waals surface area contributed by atoms with Gasteiger partial charge in [-0.25, -0.2) is 4.98 Å². The van der Waals surface area contributed by atoms with Crippen LogP contribution in [0.2, 0.25) is 0 Å². The van der Waals surface area contributed by atoms with Crippen LogP contribution in [0.1, 0.15) is 23.5 Å². The van der Waals surface area contributed by atoms with E-state index in [0.29, 0.717) is 0 Å². The Kier molecular flexibility index (Phi) is 5.43. The van der Waals surface area contributed by atoms with E-state index in [9.17, 15) is 0 Å². The SMILES string of the molecule is CN(C)CCN1C(=S)N[C@@H](c2ccccn2)[C@@H]1c1cccn1-c1nc2ccccc2s1. The molecule has 8 heteroatoms. The number of thiocarbonyl (C=S) groups is 1. The van der Waals surface area contributed by atoms with Crippen LogP contribution in [0.4, 0.5) is 0 Å². The number of para-hydroxylation sites is 1. The lowest BCUT2D eigenvalue weighted by Gasteiger charge is -2.29. The molecule has 3 aromatic heterocycles. The van der Waals surface area contributed by atoms with Crippen LogP contribution in [-0.2, 0) is 0 Å². The molecule has 4 aromatic rings. The summed E-state index contributed by atoms with van der Waals surface area (Å²) in [5.41, 5.74) is 3.16. The van der Waals surface area contributed by atoms with Crippen molar-refractivity contribution < 1.29 is 0 Å². The number of fused-ring (bicyclic) bond motifs is 1. The molecule has 1 aliphatic rings. The molecule has 1 aliphatic heterocycles. The number of hydrogen-bond donors (Lipinski definition) is 1. The van der Waals surface area contributed by atoms with E-state index in [1.54, 1.807) is 11.3 Å². The highest BCUT2D eigenvalue weighted by Crippen LogP contribution is 2.40. The number of hydrogen-bond acceptors (Lipinski definition) is 5. The average Bonchev–Trinajstić information content (AvgIpc) is 3.48. The molecule has 158 valence electrons. The van der Waals surface area contributed by atoms with Crippen LogP contribution in [0.25, 0.3) is 15.3 Å². The van der Waals surface area contributed by atoms with Gasteiger partial charge >= 0.3 is 0 Å². The maximum absolute atomic E-state index is 5.78. The number of thiazole rings is 1. The monoisotopic (exact) mass is 448 g/mol. The number of nitrogens with zero attached hydrogens (tertiary/aromatic N) is 5. The fourth-order valence-electron chi connectivity index (χ4n) is 4.05. The molecule has 5 rings (SSSR count). The molecule has 1 aromatic carbocycles. The summed E-state index contributed by atoms with van der Waals surface area (Å²) >= 11 is 7.48. The fourth-order valence-corrected chi connectivity index (χ4v) is 5.35. The normalized spacial score (nSPS) is 18.8. The lowest BCUT2D eigenvalue weighted by Crippen LogP contribution is -2.36. The van der Waals surface area contributed by atoms with Crippen molar-refractivity contribution >= 4 is 38.9 Å². The van der Waals surface area contributed by atoms with Crippen LogP contribution in [0, 0.1) is 0 Å². The second-order valence-electron chi connectivity index (χ2n) is 7.89. The van der Waals surface area contributed by atoms with Crippen molar-refractivity contribution in [3.05, 3.63) is 78.4 Å². The smallest absolute Gasteiger partial charge is 0.194 e. The molecule has 1 N–H and O–H groups in total. The number of benzene rings is 1. The van der Waals surface area contributed by atoms with E-state index in [2.05, 4.69) is 81.4 Å². The molecular formula is C23H24N6S2. The highest BCUT2D eigenvalue weighted by atomic mass is 32.1. The Morgan fingerprint density at radius 3 is 2.71 bits per heavy atom.